The number of rotatable bonds is 6. The van der Waals surface area contributed by atoms with Crippen LogP contribution in [0.2, 0.25) is 0 Å². The lowest BCUT2D eigenvalue weighted by Gasteiger charge is -2.17. The van der Waals surface area contributed by atoms with Gasteiger partial charge < -0.3 is 15.5 Å². The first-order chi connectivity index (χ1) is 15.5. The van der Waals surface area contributed by atoms with Crippen molar-refractivity contribution in [3.63, 3.8) is 0 Å². The molecule has 0 spiro atoms. The van der Waals surface area contributed by atoms with E-state index in [1.807, 2.05) is 56.3 Å². The normalized spacial score (nSPS) is 12.4. The smallest absolute Gasteiger partial charge is 0.270 e. The Morgan fingerprint density at radius 1 is 1.06 bits per heavy atom. The van der Waals surface area contributed by atoms with Crippen molar-refractivity contribution in [1.82, 2.24) is 15.2 Å². The van der Waals surface area contributed by atoms with Crippen LogP contribution in [0.4, 0.5) is 5.69 Å². The summed E-state index contributed by atoms with van der Waals surface area (Å²) in [6.45, 7) is 4.91. The van der Waals surface area contributed by atoms with E-state index in [-0.39, 0.29) is 17.7 Å². The minimum absolute atomic E-state index is 0.128. The van der Waals surface area contributed by atoms with Gasteiger partial charge >= 0.3 is 0 Å². The SMILES string of the molecule is CCNC(=O)c1nccc2c1CN(Cc1ccc(C(=O)Nc3ccccc3)c(C)c1)C2=O. The molecule has 2 N–H and O–H groups in total. The van der Waals surface area contributed by atoms with E-state index in [2.05, 4.69) is 15.6 Å². The fourth-order valence-corrected chi connectivity index (χ4v) is 3.87. The topological polar surface area (TPSA) is 91.4 Å². The monoisotopic (exact) mass is 428 g/mol. The van der Waals surface area contributed by atoms with Gasteiger partial charge in [0.2, 0.25) is 0 Å². The standard InChI is InChI=1S/C25H24N4O3/c1-3-26-24(31)22-21-15-29(25(32)20(21)11-12-27-22)14-17-9-10-19(16(2)13-17)23(30)28-18-7-5-4-6-8-18/h4-13H,3,14-15H2,1-2H3,(H,26,31)(H,28,30). The van der Waals surface area contributed by atoms with E-state index in [1.165, 1.54) is 6.20 Å². The lowest BCUT2D eigenvalue weighted by molar-refractivity contribution is 0.0765. The Balaban J connectivity index is 1.49. The van der Waals surface area contributed by atoms with Gasteiger partial charge in [0.25, 0.3) is 17.7 Å². The van der Waals surface area contributed by atoms with Gasteiger partial charge in [-0.3, -0.25) is 19.4 Å². The van der Waals surface area contributed by atoms with Crippen LogP contribution in [-0.4, -0.2) is 34.2 Å². The van der Waals surface area contributed by atoms with Gasteiger partial charge in [-0.25, -0.2) is 0 Å². The van der Waals surface area contributed by atoms with Crippen LogP contribution in [0.25, 0.3) is 0 Å². The summed E-state index contributed by atoms with van der Waals surface area (Å²) in [6.07, 6.45) is 1.50. The Labute approximate surface area is 186 Å². The molecule has 0 fully saturated rings. The first-order valence-corrected chi connectivity index (χ1v) is 10.5. The number of para-hydroxylation sites is 1. The average Bonchev–Trinajstić information content (AvgIpc) is 3.10. The zero-order valence-corrected chi connectivity index (χ0v) is 18.0. The number of nitrogens with zero attached hydrogens (tertiary/aromatic N) is 2. The Kier molecular flexibility index (Phi) is 5.98. The van der Waals surface area contributed by atoms with Crippen molar-refractivity contribution in [3.8, 4) is 0 Å². The second-order valence-electron chi connectivity index (χ2n) is 7.68. The minimum atomic E-state index is -0.274. The number of benzene rings is 2. The number of aromatic nitrogens is 1. The second-order valence-corrected chi connectivity index (χ2v) is 7.68. The van der Waals surface area contributed by atoms with E-state index in [4.69, 9.17) is 0 Å². The molecule has 0 saturated heterocycles. The second kappa shape index (κ2) is 9.01. The molecule has 0 saturated carbocycles. The summed E-state index contributed by atoms with van der Waals surface area (Å²) in [5, 5.41) is 5.63. The van der Waals surface area contributed by atoms with Crippen LogP contribution in [0.15, 0.2) is 60.8 Å². The maximum Gasteiger partial charge on any atom is 0.270 e. The molecule has 0 atom stereocenters. The van der Waals surface area contributed by atoms with Crippen LogP contribution in [-0.2, 0) is 13.1 Å². The van der Waals surface area contributed by atoms with Gasteiger partial charge in [0.1, 0.15) is 5.69 Å². The number of fused-ring (bicyclic) bond motifs is 1. The van der Waals surface area contributed by atoms with Crippen LogP contribution in [0.1, 0.15) is 54.8 Å². The summed E-state index contributed by atoms with van der Waals surface area (Å²) in [6, 6.07) is 16.5. The van der Waals surface area contributed by atoms with Crippen molar-refractivity contribution in [2.45, 2.75) is 26.9 Å². The molecule has 0 radical (unpaired) electrons. The van der Waals surface area contributed by atoms with Gasteiger partial charge in [0, 0.05) is 48.2 Å². The summed E-state index contributed by atoms with van der Waals surface area (Å²) >= 11 is 0. The molecular formula is C25H24N4O3. The Bertz CT molecular complexity index is 1190. The van der Waals surface area contributed by atoms with Gasteiger partial charge in [-0.15, -0.1) is 0 Å². The van der Waals surface area contributed by atoms with Crippen molar-refractivity contribution >= 4 is 23.4 Å². The number of pyridine rings is 1. The highest BCUT2D eigenvalue weighted by Gasteiger charge is 2.31. The highest BCUT2D eigenvalue weighted by Crippen LogP contribution is 2.27. The number of nitrogens with one attached hydrogen (secondary N) is 2. The quantitative estimate of drug-likeness (QED) is 0.628. The molecule has 4 rings (SSSR count). The minimum Gasteiger partial charge on any atom is -0.351 e. The van der Waals surface area contributed by atoms with E-state index < -0.39 is 0 Å². The number of carbonyl (C=O) groups excluding carboxylic acids is 3. The van der Waals surface area contributed by atoms with Crippen molar-refractivity contribution in [2.24, 2.45) is 0 Å². The average molecular weight is 428 g/mol. The van der Waals surface area contributed by atoms with Crippen LogP contribution in [0, 0.1) is 6.92 Å². The van der Waals surface area contributed by atoms with E-state index in [9.17, 15) is 14.4 Å². The third-order valence-electron chi connectivity index (χ3n) is 5.42. The van der Waals surface area contributed by atoms with E-state index >= 15 is 0 Å². The molecule has 3 amide bonds. The summed E-state index contributed by atoms with van der Waals surface area (Å²) in [5.41, 5.74) is 4.51. The van der Waals surface area contributed by atoms with Gasteiger partial charge in [-0.2, -0.15) is 0 Å². The molecule has 3 aromatic rings. The van der Waals surface area contributed by atoms with Gasteiger partial charge in [-0.1, -0.05) is 30.3 Å². The van der Waals surface area contributed by atoms with Crippen molar-refractivity contribution < 1.29 is 14.4 Å². The van der Waals surface area contributed by atoms with E-state index in [0.29, 0.717) is 42.0 Å². The Hall–Kier alpha value is -4.00. The molecule has 0 unspecified atom stereocenters. The molecule has 32 heavy (non-hydrogen) atoms. The lowest BCUT2D eigenvalue weighted by atomic mass is 10.0. The summed E-state index contributed by atoms with van der Waals surface area (Å²) in [4.78, 5) is 43.7. The predicted octanol–water partition coefficient (Wildman–Crippen LogP) is 3.55. The lowest BCUT2D eigenvalue weighted by Crippen LogP contribution is -2.25. The van der Waals surface area contributed by atoms with Crippen LogP contribution in [0.3, 0.4) is 0 Å². The predicted molar refractivity (Wildman–Crippen MR) is 121 cm³/mol. The molecule has 0 aliphatic carbocycles. The molecule has 7 nitrogen and oxygen atoms in total. The van der Waals surface area contributed by atoms with Gasteiger partial charge in [0.05, 0.1) is 0 Å². The summed E-state index contributed by atoms with van der Waals surface area (Å²) in [5.74, 6) is -0.581. The number of aryl methyl sites for hydroxylation is 1. The first kappa shape index (κ1) is 21.2. The first-order valence-electron chi connectivity index (χ1n) is 10.5. The Morgan fingerprint density at radius 3 is 2.56 bits per heavy atom. The van der Waals surface area contributed by atoms with E-state index in [0.717, 1.165) is 16.8 Å². The molecule has 1 aliphatic rings. The van der Waals surface area contributed by atoms with Crippen LogP contribution in [0.5, 0.6) is 0 Å². The highest BCUT2D eigenvalue weighted by atomic mass is 16.2. The number of anilines is 1. The van der Waals surface area contributed by atoms with Crippen molar-refractivity contribution in [2.75, 3.05) is 11.9 Å². The molecule has 2 heterocycles. The molecule has 162 valence electrons. The number of carbonyl (C=O) groups is 3. The third-order valence-corrected chi connectivity index (χ3v) is 5.42. The number of hydrogen-bond acceptors (Lipinski definition) is 4. The zero-order chi connectivity index (χ0) is 22.7. The Morgan fingerprint density at radius 2 is 1.84 bits per heavy atom. The van der Waals surface area contributed by atoms with Gasteiger partial charge in [-0.05, 0) is 49.2 Å². The fraction of sp³-hybridized carbons (Fsp3) is 0.200. The van der Waals surface area contributed by atoms with Gasteiger partial charge in [0.15, 0.2) is 0 Å². The molecule has 1 aliphatic heterocycles. The zero-order valence-electron chi connectivity index (χ0n) is 18.0. The molecule has 0 bridgehead atoms. The third kappa shape index (κ3) is 4.23. The van der Waals surface area contributed by atoms with Crippen molar-refractivity contribution in [1.29, 1.82) is 0 Å². The highest BCUT2D eigenvalue weighted by molar-refractivity contribution is 6.05. The maximum absolute atomic E-state index is 12.9. The van der Waals surface area contributed by atoms with E-state index in [1.54, 1.807) is 17.0 Å². The van der Waals surface area contributed by atoms with Crippen LogP contribution < -0.4 is 10.6 Å². The molecule has 1 aromatic heterocycles. The molecular weight excluding hydrogens is 404 g/mol. The fourth-order valence-electron chi connectivity index (χ4n) is 3.87. The number of hydrogen-bond donors (Lipinski definition) is 2. The van der Waals surface area contributed by atoms with Crippen LogP contribution >= 0.6 is 0 Å². The summed E-state index contributed by atoms with van der Waals surface area (Å²) in [7, 11) is 0. The molecule has 2 aromatic carbocycles. The largest absolute Gasteiger partial charge is 0.351 e. The van der Waals surface area contributed by atoms with Crippen molar-refractivity contribution in [3.05, 3.63) is 94.3 Å². The number of amides is 3. The maximum atomic E-state index is 12.9. The summed E-state index contributed by atoms with van der Waals surface area (Å²) < 4.78 is 0. The molecule has 7 heteroatoms.